The first-order valence-corrected chi connectivity index (χ1v) is 8.76. The first-order chi connectivity index (χ1) is 12.5. The predicted molar refractivity (Wildman–Crippen MR) is 107 cm³/mol. The molecule has 3 rings (SSSR count). The molecule has 3 aromatic rings. The normalized spacial score (nSPS) is 10.6. The van der Waals surface area contributed by atoms with E-state index in [1.54, 1.807) is 0 Å². The van der Waals surface area contributed by atoms with E-state index < -0.39 is 0 Å². The fourth-order valence-electron chi connectivity index (χ4n) is 2.60. The van der Waals surface area contributed by atoms with Crippen molar-refractivity contribution < 1.29 is 4.74 Å². The number of hydrogen-bond acceptors (Lipinski definition) is 5. The van der Waals surface area contributed by atoms with Crippen molar-refractivity contribution in [2.45, 2.75) is 27.2 Å². The third kappa shape index (κ3) is 3.89. The summed E-state index contributed by atoms with van der Waals surface area (Å²) in [5, 5.41) is 3.93. The van der Waals surface area contributed by atoms with Gasteiger partial charge in [-0.05, 0) is 61.2 Å². The van der Waals surface area contributed by atoms with Gasteiger partial charge >= 0.3 is 0 Å². The van der Waals surface area contributed by atoms with E-state index in [-0.39, 0.29) is 0 Å². The molecule has 6 heteroatoms. The van der Waals surface area contributed by atoms with Crippen LogP contribution in [-0.4, -0.2) is 9.97 Å². The average Bonchev–Trinajstić information content (AvgIpc) is 2.63. The second-order valence-corrected chi connectivity index (χ2v) is 6.47. The lowest BCUT2D eigenvalue weighted by Gasteiger charge is -2.13. The lowest BCUT2D eigenvalue weighted by Crippen LogP contribution is -2.03. The predicted octanol–water partition coefficient (Wildman–Crippen LogP) is 5.43. The standard InChI is InChI=1S/C20H21ClN4O/c1-4-14-5-7-15(8-6-14)25-19-18(22)20(24-11-23-19)26-16-9-12(2)17(21)13(3)10-16/h5-11H,4,22H2,1-3H3,(H,23,24,25). The molecule has 0 saturated heterocycles. The quantitative estimate of drug-likeness (QED) is 0.628. The molecule has 0 amide bonds. The Morgan fingerprint density at radius 2 is 1.73 bits per heavy atom. The second kappa shape index (κ2) is 7.62. The van der Waals surface area contributed by atoms with Crippen molar-refractivity contribution >= 4 is 28.8 Å². The summed E-state index contributed by atoms with van der Waals surface area (Å²) >= 11 is 6.21. The molecule has 3 N–H and O–H groups in total. The fourth-order valence-corrected chi connectivity index (χ4v) is 2.71. The zero-order valence-electron chi connectivity index (χ0n) is 15.0. The fraction of sp³-hybridized carbons (Fsp3) is 0.200. The summed E-state index contributed by atoms with van der Waals surface area (Å²) in [5.74, 6) is 1.43. The lowest BCUT2D eigenvalue weighted by atomic mass is 10.1. The van der Waals surface area contributed by atoms with Crippen LogP contribution in [0.3, 0.4) is 0 Å². The Hall–Kier alpha value is -2.79. The second-order valence-electron chi connectivity index (χ2n) is 6.09. The summed E-state index contributed by atoms with van der Waals surface area (Å²) in [6.07, 6.45) is 2.41. The third-order valence-corrected chi connectivity index (χ3v) is 4.69. The first kappa shape index (κ1) is 18.0. The number of ether oxygens (including phenoxy) is 1. The SMILES string of the molecule is CCc1ccc(Nc2ncnc(Oc3cc(C)c(Cl)c(C)c3)c2N)cc1. The molecule has 0 saturated carbocycles. The molecule has 1 heterocycles. The highest BCUT2D eigenvalue weighted by Gasteiger charge is 2.12. The summed E-state index contributed by atoms with van der Waals surface area (Å²) in [5.41, 5.74) is 10.6. The van der Waals surface area contributed by atoms with Crippen molar-refractivity contribution in [2.24, 2.45) is 0 Å². The number of nitrogens with zero attached hydrogens (tertiary/aromatic N) is 2. The molecule has 0 fully saturated rings. The van der Waals surface area contributed by atoms with E-state index in [4.69, 9.17) is 22.1 Å². The molecule has 2 aromatic carbocycles. The third-order valence-electron chi connectivity index (χ3n) is 4.10. The first-order valence-electron chi connectivity index (χ1n) is 8.39. The van der Waals surface area contributed by atoms with E-state index in [0.717, 1.165) is 28.3 Å². The summed E-state index contributed by atoms with van der Waals surface area (Å²) in [7, 11) is 0. The summed E-state index contributed by atoms with van der Waals surface area (Å²) in [4.78, 5) is 8.37. The molecule has 0 atom stereocenters. The zero-order valence-corrected chi connectivity index (χ0v) is 15.8. The largest absolute Gasteiger partial charge is 0.437 e. The van der Waals surface area contributed by atoms with Crippen LogP contribution in [-0.2, 0) is 6.42 Å². The molecule has 0 spiro atoms. The monoisotopic (exact) mass is 368 g/mol. The molecule has 0 bridgehead atoms. The minimum atomic E-state index is 0.300. The van der Waals surface area contributed by atoms with E-state index in [0.29, 0.717) is 23.1 Å². The van der Waals surface area contributed by atoms with E-state index in [1.807, 2.05) is 38.1 Å². The van der Waals surface area contributed by atoms with Gasteiger partial charge in [-0.15, -0.1) is 0 Å². The minimum Gasteiger partial charge on any atom is -0.437 e. The molecule has 0 aliphatic heterocycles. The summed E-state index contributed by atoms with van der Waals surface area (Å²) < 4.78 is 5.87. The van der Waals surface area contributed by atoms with Crippen molar-refractivity contribution in [1.29, 1.82) is 0 Å². The van der Waals surface area contributed by atoms with Gasteiger partial charge in [0.2, 0.25) is 5.88 Å². The number of rotatable bonds is 5. The van der Waals surface area contributed by atoms with Gasteiger partial charge < -0.3 is 15.8 Å². The molecule has 1 aromatic heterocycles. The van der Waals surface area contributed by atoms with Gasteiger partial charge in [0.25, 0.3) is 0 Å². The smallest absolute Gasteiger partial charge is 0.248 e. The van der Waals surface area contributed by atoms with Gasteiger partial charge in [-0.1, -0.05) is 30.7 Å². The number of benzene rings is 2. The van der Waals surface area contributed by atoms with Gasteiger partial charge in [0.1, 0.15) is 17.8 Å². The molecule has 0 aliphatic carbocycles. The number of nitrogens with one attached hydrogen (secondary N) is 1. The maximum Gasteiger partial charge on any atom is 0.248 e. The Bertz CT molecular complexity index is 903. The highest BCUT2D eigenvalue weighted by Crippen LogP contribution is 2.33. The van der Waals surface area contributed by atoms with Crippen molar-refractivity contribution in [3.8, 4) is 11.6 Å². The van der Waals surface area contributed by atoms with Gasteiger partial charge in [-0.3, -0.25) is 0 Å². The lowest BCUT2D eigenvalue weighted by molar-refractivity contribution is 0.464. The Labute approximate surface area is 158 Å². The zero-order chi connectivity index (χ0) is 18.7. The van der Waals surface area contributed by atoms with E-state index >= 15 is 0 Å². The van der Waals surface area contributed by atoms with E-state index in [9.17, 15) is 0 Å². The van der Waals surface area contributed by atoms with Crippen LogP contribution < -0.4 is 15.8 Å². The minimum absolute atomic E-state index is 0.300. The number of aromatic nitrogens is 2. The molecule has 0 radical (unpaired) electrons. The number of nitrogens with two attached hydrogens (primary N) is 1. The Morgan fingerprint density at radius 3 is 2.35 bits per heavy atom. The summed E-state index contributed by atoms with van der Waals surface area (Å²) in [6, 6.07) is 11.8. The van der Waals surface area contributed by atoms with Crippen LogP contribution in [0.2, 0.25) is 5.02 Å². The van der Waals surface area contributed by atoms with Crippen LogP contribution in [0.1, 0.15) is 23.6 Å². The van der Waals surface area contributed by atoms with Crippen LogP contribution in [0.5, 0.6) is 11.6 Å². The van der Waals surface area contributed by atoms with Crippen LogP contribution >= 0.6 is 11.6 Å². The molecular formula is C20H21ClN4O. The van der Waals surface area contributed by atoms with Crippen LogP contribution in [0.25, 0.3) is 0 Å². The van der Waals surface area contributed by atoms with Crippen molar-refractivity contribution in [1.82, 2.24) is 9.97 Å². The highest BCUT2D eigenvalue weighted by atomic mass is 35.5. The van der Waals surface area contributed by atoms with Gasteiger partial charge in [0, 0.05) is 10.7 Å². The molecule has 26 heavy (non-hydrogen) atoms. The Morgan fingerprint density at radius 1 is 1.08 bits per heavy atom. The van der Waals surface area contributed by atoms with Gasteiger partial charge in [-0.25, -0.2) is 4.98 Å². The number of aryl methyl sites for hydroxylation is 3. The van der Waals surface area contributed by atoms with E-state index in [2.05, 4.69) is 34.3 Å². The van der Waals surface area contributed by atoms with Crippen LogP contribution in [0.15, 0.2) is 42.7 Å². The van der Waals surface area contributed by atoms with Gasteiger partial charge in [0.15, 0.2) is 5.82 Å². The maximum absolute atomic E-state index is 6.21. The molecular weight excluding hydrogens is 348 g/mol. The van der Waals surface area contributed by atoms with Gasteiger partial charge in [-0.2, -0.15) is 4.98 Å². The maximum atomic E-state index is 6.21. The van der Waals surface area contributed by atoms with Gasteiger partial charge in [0.05, 0.1) is 0 Å². The average molecular weight is 369 g/mol. The summed E-state index contributed by atoms with van der Waals surface area (Å²) in [6.45, 7) is 5.98. The Balaban J connectivity index is 1.84. The van der Waals surface area contributed by atoms with Crippen molar-refractivity contribution in [2.75, 3.05) is 11.1 Å². The number of anilines is 3. The molecule has 0 aliphatic rings. The number of hydrogen-bond donors (Lipinski definition) is 2. The van der Waals surface area contributed by atoms with E-state index in [1.165, 1.54) is 11.9 Å². The number of nitrogen functional groups attached to an aromatic ring is 1. The Kier molecular flexibility index (Phi) is 5.28. The number of halogens is 1. The molecule has 5 nitrogen and oxygen atoms in total. The van der Waals surface area contributed by atoms with Crippen molar-refractivity contribution in [3.05, 3.63) is 64.4 Å². The van der Waals surface area contributed by atoms with Crippen molar-refractivity contribution in [3.63, 3.8) is 0 Å². The topological polar surface area (TPSA) is 73.1 Å². The molecule has 134 valence electrons. The molecule has 0 unspecified atom stereocenters. The van der Waals surface area contributed by atoms with Crippen LogP contribution in [0.4, 0.5) is 17.2 Å². The van der Waals surface area contributed by atoms with Crippen LogP contribution in [0, 0.1) is 13.8 Å². The highest BCUT2D eigenvalue weighted by molar-refractivity contribution is 6.32.